The lowest BCUT2D eigenvalue weighted by atomic mass is 10.1. The monoisotopic (exact) mass is 364 g/mol. The zero-order chi connectivity index (χ0) is 18.6. The highest BCUT2D eigenvalue weighted by molar-refractivity contribution is 6.07. The number of ether oxygens (including phenoxy) is 1. The van der Waals surface area contributed by atoms with Crippen LogP contribution in [0.4, 0.5) is 11.4 Å². The molecule has 0 saturated carbocycles. The summed E-state index contributed by atoms with van der Waals surface area (Å²) >= 11 is 0. The molecular formula is C22H24N2O3. The molecule has 5 nitrogen and oxygen atoms in total. The van der Waals surface area contributed by atoms with Crippen LogP contribution in [0.15, 0.2) is 48.5 Å². The van der Waals surface area contributed by atoms with E-state index in [1.165, 1.54) is 0 Å². The lowest BCUT2D eigenvalue weighted by Crippen LogP contribution is -2.28. The van der Waals surface area contributed by atoms with Crippen LogP contribution in [0.25, 0.3) is 0 Å². The van der Waals surface area contributed by atoms with Gasteiger partial charge in [0.05, 0.1) is 12.5 Å². The van der Waals surface area contributed by atoms with Gasteiger partial charge >= 0.3 is 0 Å². The molecule has 0 aliphatic carbocycles. The largest absolute Gasteiger partial charge is 0.378 e. The maximum absolute atomic E-state index is 12.7. The maximum atomic E-state index is 12.7. The Morgan fingerprint density at radius 3 is 2.74 bits per heavy atom. The number of rotatable bonds is 4. The zero-order valence-corrected chi connectivity index (χ0v) is 15.3. The summed E-state index contributed by atoms with van der Waals surface area (Å²) in [6.45, 7) is 1.42. The summed E-state index contributed by atoms with van der Waals surface area (Å²) in [6.07, 6.45) is 4.39. The molecule has 0 bridgehead atoms. The van der Waals surface area contributed by atoms with Gasteiger partial charge in [-0.25, -0.2) is 0 Å². The molecule has 0 radical (unpaired) electrons. The Kier molecular flexibility index (Phi) is 5.21. The third kappa shape index (κ3) is 4.03. The van der Waals surface area contributed by atoms with E-state index in [1.807, 2.05) is 53.4 Å². The minimum Gasteiger partial charge on any atom is -0.378 e. The predicted octanol–water partition coefficient (Wildman–Crippen LogP) is 3.79. The molecule has 5 heteroatoms. The first-order chi connectivity index (χ1) is 13.2. The third-order valence-electron chi connectivity index (χ3n) is 5.21. The summed E-state index contributed by atoms with van der Waals surface area (Å²) in [6, 6.07) is 15.1. The van der Waals surface area contributed by atoms with E-state index in [0.29, 0.717) is 18.5 Å². The standard InChI is InChI=1S/C22H24N2O3/c25-21(15-19-8-4-5-13-27-19)23-18-9-10-20-17(14-18)11-12-24(20)22(26)16-6-2-1-3-7-16/h1-3,6-7,9-10,14,19H,4-5,8,11-13,15H2,(H,23,25). The Hall–Kier alpha value is -2.66. The van der Waals surface area contributed by atoms with Crippen molar-refractivity contribution in [3.63, 3.8) is 0 Å². The van der Waals surface area contributed by atoms with E-state index >= 15 is 0 Å². The summed E-state index contributed by atoms with van der Waals surface area (Å²) < 4.78 is 5.64. The van der Waals surface area contributed by atoms with Gasteiger partial charge in [-0.15, -0.1) is 0 Å². The molecular weight excluding hydrogens is 340 g/mol. The zero-order valence-electron chi connectivity index (χ0n) is 15.3. The highest BCUT2D eigenvalue weighted by atomic mass is 16.5. The topological polar surface area (TPSA) is 58.6 Å². The first-order valence-electron chi connectivity index (χ1n) is 9.62. The molecule has 0 aromatic heterocycles. The molecule has 0 spiro atoms. The molecule has 1 fully saturated rings. The minimum absolute atomic E-state index is 0.0144. The van der Waals surface area contributed by atoms with Crippen LogP contribution >= 0.6 is 0 Å². The molecule has 2 amide bonds. The number of nitrogens with one attached hydrogen (secondary N) is 1. The number of hydrogen-bond donors (Lipinski definition) is 1. The Balaban J connectivity index is 1.42. The van der Waals surface area contributed by atoms with Crippen molar-refractivity contribution in [3.8, 4) is 0 Å². The lowest BCUT2D eigenvalue weighted by Gasteiger charge is -2.22. The molecule has 4 rings (SSSR count). The van der Waals surface area contributed by atoms with Gasteiger partial charge in [0, 0.05) is 30.1 Å². The van der Waals surface area contributed by atoms with E-state index in [0.717, 1.165) is 49.2 Å². The molecule has 2 aliphatic rings. The van der Waals surface area contributed by atoms with Crippen LogP contribution < -0.4 is 10.2 Å². The van der Waals surface area contributed by atoms with Gasteiger partial charge in [-0.1, -0.05) is 18.2 Å². The number of nitrogens with zero attached hydrogens (tertiary/aromatic N) is 1. The van der Waals surface area contributed by atoms with Crippen LogP contribution in [0.1, 0.15) is 41.6 Å². The molecule has 1 N–H and O–H groups in total. The Bertz CT molecular complexity index is 829. The van der Waals surface area contributed by atoms with Crippen molar-refractivity contribution in [1.29, 1.82) is 0 Å². The molecule has 140 valence electrons. The van der Waals surface area contributed by atoms with E-state index < -0.39 is 0 Å². The number of anilines is 2. The summed E-state index contributed by atoms with van der Waals surface area (Å²) in [5, 5.41) is 2.97. The molecule has 1 atom stereocenters. The maximum Gasteiger partial charge on any atom is 0.258 e. The first-order valence-corrected chi connectivity index (χ1v) is 9.62. The lowest BCUT2D eigenvalue weighted by molar-refractivity contribution is -0.119. The fraction of sp³-hybridized carbons (Fsp3) is 0.364. The van der Waals surface area contributed by atoms with Crippen LogP contribution in [0.5, 0.6) is 0 Å². The first kappa shape index (κ1) is 17.7. The van der Waals surface area contributed by atoms with Gasteiger partial charge in [0.15, 0.2) is 0 Å². The van der Waals surface area contributed by atoms with Gasteiger partial charge in [0.25, 0.3) is 5.91 Å². The van der Waals surface area contributed by atoms with Crippen molar-refractivity contribution in [3.05, 3.63) is 59.7 Å². The van der Waals surface area contributed by atoms with Crippen molar-refractivity contribution in [2.45, 2.75) is 38.2 Å². The summed E-state index contributed by atoms with van der Waals surface area (Å²) in [5.41, 5.74) is 3.49. The average molecular weight is 364 g/mol. The van der Waals surface area contributed by atoms with Gasteiger partial charge in [-0.2, -0.15) is 0 Å². The predicted molar refractivity (Wildman–Crippen MR) is 105 cm³/mol. The second kappa shape index (κ2) is 7.92. The molecule has 1 unspecified atom stereocenters. The second-order valence-electron chi connectivity index (χ2n) is 7.16. The van der Waals surface area contributed by atoms with E-state index in [2.05, 4.69) is 5.32 Å². The Morgan fingerprint density at radius 1 is 1.11 bits per heavy atom. The normalized spacial score (nSPS) is 18.8. The van der Waals surface area contributed by atoms with Gasteiger partial charge in [-0.05, 0) is 61.6 Å². The van der Waals surface area contributed by atoms with Crippen LogP contribution in [0.3, 0.4) is 0 Å². The van der Waals surface area contributed by atoms with E-state index in [-0.39, 0.29) is 17.9 Å². The number of benzene rings is 2. The number of hydrogen-bond acceptors (Lipinski definition) is 3. The van der Waals surface area contributed by atoms with Crippen LogP contribution in [0, 0.1) is 0 Å². The molecule has 2 aromatic carbocycles. The van der Waals surface area contributed by atoms with E-state index in [4.69, 9.17) is 4.74 Å². The number of amides is 2. The Labute approximate surface area is 159 Å². The fourth-order valence-electron chi connectivity index (χ4n) is 3.81. The highest BCUT2D eigenvalue weighted by Crippen LogP contribution is 2.31. The SMILES string of the molecule is O=C(CC1CCCCO1)Nc1ccc2c(c1)CCN2C(=O)c1ccccc1. The Morgan fingerprint density at radius 2 is 1.96 bits per heavy atom. The van der Waals surface area contributed by atoms with Crippen molar-refractivity contribution >= 4 is 23.2 Å². The molecule has 27 heavy (non-hydrogen) atoms. The fourth-order valence-corrected chi connectivity index (χ4v) is 3.81. The van der Waals surface area contributed by atoms with Crippen LogP contribution in [-0.4, -0.2) is 31.1 Å². The van der Waals surface area contributed by atoms with Gasteiger partial charge in [0.2, 0.25) is 5.91 Å². The summed E-state index contributed by atoms with van der Waals surface area (Å²) in [4.78, 5) is 26.8. The van der Waals surface area contributed by atoms with Crippen LogP contribution in [0.2, 0.25) is 0 Å². The minimum atomic E-state index is -0.0166. The van der Waals surface area contributed by atoms with Crippen molar-refractivity contribution in [2.24, 2.45) is 0 Å². The van der Waals surface area contributed by atoms with Crippen molar-refractivity contribution in [2.75, 3.05) is 23.4 Å². The van der Waals surface area contributed by atoms with Gasteiger partial charge in [0.1, 0.15) is 0 Å². The van der Waals surface area contributed by atoms with Crippen molar-refractivity contribution in [1.82, 2.24) is 0 Å². The van der Waals surface area contributed by atoms with Gasteiger partial charge in [-0.3, -0.25) is 9.59 Å². The average Bonchev–Trinajstić information content (AvgIpc) is 3.12. The van der Waals surface area contributed by atoms with E-state index in [9.17, 15) is 9.59 Å². The van der Waals surface area contributed by atoms with E-state index in [1.54, 1.807) is 0 Å². The smallest absolute Gasteiger partial charge is 0.258 e. The second-order valence-corrected chi connectivity index (χ2v) is 7.16. The molecule has 2 aromatic rings. The van der Waals surface area contributed by atoms with Crippen molar-refractivity contribution < 1.29 is 14.3 Å². The quantitative estimate of drug-likeness (QED) is 0.898. The number of fused-ring (bicyclic) bond motifs is 1. The number of carbonyl (C=O) groups excluding carboxylic acids is 2. The summed E-state index contributed by atoms with van der Waals surface area (Å²) in [5.74, 6) is -0.00218. The molecule has 1 saturated heterocycles. The highest BCUT2D eigenvalue weighted by Gasteiger charge is 2.26. The van der Waals surface area contributed by atoms with Crippen LogP contribution in [-0.2, 0) is 16.0 Å². The number of carbonyl (C=O) groups is 2. The molecule has 2 aliphatic heterocycles. The third-order valence-corrected chi connectivity index (χ3v) is 5.21. The molecule has 2 heterocycles. The summed E-state index contributed by atoms with van der Waals surface area (Å²) in [7, 11) is 0. The van der Waals surface area contributed by atoms with Gasteiger partial charge < -0.3 is 15.0 Å².